The predicted octanol–water partition coefficient (Wildman–Crippen LogP) is 2.32. The molecule has 0 heterocycles. The summed E-state index contributed by atoms with van der Waals surface area (Å²) < 4.78 is 1.08. The number of benzene rings is 1. The molecule has 0 amide bonds. The summed E-state index contributed by atoms with van der Waals surface area (Å²) in [5.74, 6) is 0. The Morgan fingerprint density at radius 3 is 2.60 bits per heavy atom. The van der Waals surface area contributed by atoms with Crippen molar-refractivity contribution >= 4 is 21.6 Å². The average Bonchev–Trinajstić information content (AvgIpc) is 1.88. The molecule has 0 N–H and O–H groups in total. The van der Waals surface area contributed by atoms with Crippen LogP contribution in [0.1, 0.15) is 0 Å². The summed E-state index contributed by atoms with van der Waals surface area (Å²) >= 11 is 3.42. The number of nitrogens with zero attached hydrogens (tertiary/aromatic N) is 1. The van der Waals surface area contributed by atoms with E-state index in [1.54, 1.807) is 0 Å². The Kier molecular flexibility index (Phi) is 2.33. The van der Waals surface area contributed by atoms with Crippen LogP contribution in [0.4, 0.5) is 5.69 Å². The lowest BCUT2D eigenvalue weighted by Gasteiger charge is -2.13. The van der Waals surface area contributed by atoms with Gasteiger partial charge in [-0.2, -0.15) is 0 Å². The summed E-state index contributed by atoms with van der Waals surface area (Å²) in [5, 5.41) is 0. The van der Waals surface area contributed by atoms with Crippen LogP contribution in [0.2, 0.25) is 0 Å². The van der Waals surface area contributed by atoms with Crippen molar-refractivity contribution < 1.29 is 0 Å². The molecule has 0 unspecified atom stereocenters. The maximum atomic E-state index is 3.42. The van der Waals surface area contributed by atoms with Crippen LogP contribution in [-0.2, 0) is 0 Å². The normalized spacial score (nSPS) is 9.50. The lowest BCUT2D eigenvalue weighted by atomic mass is 10.3. The van der Waals surface area contributed by atoms with Gasteiger partial charge in [0.15, 0.2) is 0 Å². The molecule has 0 aliphatic heterocycles. The monoisotopic (exact) mass is 198 g/mol. The molecule has 0 saturated heterocycles. The minimum Gasteiger partial charge on any atom is -0.377 e. The largest absolute Gasteiger partial charge is 0.377 e. The quantitative estimate of drug-likeness (QED) is 0.670. The lowest BCUT2D eigenvalue weighted by molar-refractivity contribution is 1.12. The Morgan fingerprint density at radius 2 is 2.20 bits per heavy atom. The second-order valence-electron chi connectivity index (χ2n) is 2.27. The molecule has 0 bridgehead atoms. The summed E-state index contributed by atoms with van der Waals surface area (Å²) in [7, 11) is 4.03. The molecule has 2 heteroatoms. The maximum Gasteiger partial charge on any atom is 0.0505 e. The van der Waals surface area contributed by atoms with Gasteiger partial charge in [0.1, 0.15) is 0 Å². The molecule has 53 valence electrons. The topological polar surface area (TPSA) is 3.24 Å². The van der Waals surface area contributed by atoms with Gasteiger partial charge >= 0.3 is 0 Å². The first-order chi connectivity index (χ1) is 4.72. The second kappa shape index (κ2) is 3.06. The molecule has 0 atom stereocenters. The standard InChI is InChI=1S/C8H9BrN/c1-10(2)8-6-4-3-5-7(8)9/h4-6H,1-2H3. The van der Waals surface area contributed by atoms with Crippen molar-refractivity contribution in [2.45, 2.75) is 0 Å². The first kappa shape index (κ1) is 7.61. The molecule has 1 aromatic rings. The molecule has 0 spiro atoms. The molecule has 0 saturated carbocycles. The predicted molar refractivity (Wildman–Crippen MR) is 47.3 cm³/mol. The molecular weight excluding hydrogens is 190 g/mol. The van der Waals surface area contributed by atoms with Crippen LogP contribution in [0.25, 0.3) is 0 Å². The Morgan fingerprint density at radius 1 is 1.50 bits per heavy atom. The molecule has 1 aromatic carbocycles. The lowest BCUT2D eigenvalue weighted by Crippen LogP contribution is -2.08. The highest BCUT2D eigenvalue weighted by atomic mass is 79.9. The molecule has 0 aromatic heterocycles. The van der Waals surface area contributed by atoms with Crippen LogP contribution in [0.3, 0.4) is 0 Å². The van der Waals surface area contributed by atoms with E-state index in [0.29, 0.717) is 0 Å². The highest BCUT2D eigenvalue weighted by molar-refractivity contribution is 9.10. The van der Waals surface area contributed by atoms with Crippen molar-refractivity contribution in [2.24, 2.45) is 0 Å². The number of rotatable bonds is 1. The number of halogens is 1. The van der Waals surface area contributed by atoms with Gasteiger partial charge in [-0.25, -0.2) is 0 Å². The minimum atomic E-state index is 1.08. The number of anilines is 1. The molecule has 0 fully saturated rings. The molecule has 1 nitrogen and oxygen atoms in total. The van der Waals surface area contributed by atoms with E-state index in [2.05, 4.69) is 26.9 Å². The highest BCUT2D eigenvalue weighted by Crippen LogP contribution is 2.22. The van der Waals surface area contributed by atoms with E-state index in [0.717, 1.165) is 4.47 Å². The highest BCUT2D eigenvalue weighted by Gasteiger charge is 1.97. The third-order valence-electron chi connectivity index (χ3n) is 1.27. The minimum absolute atomic E-state index is 1.08. The zero-order valence-corrected chi connectivity index (χ0v) is 7.64. The van der Waals surface area contributed by atoms with Crippen LogP contribution in [0.15, 0.2) is 22.7 Å². The van der Waals surface area contributed by atoms with E-state index >= 15 is 0 Å². The maximum absolute atomic E-state index is 3.42. The van der Waals surface area contributed by atoms with Crippen LogP contribution < -0.4 is 4.90 Å². The van der Waals surface area contributed by atoms with Crippen molar-refractivity contribution in [2.75, 3.05) is 19.0 Å². The van der Waals surface area contributed by atoms with Gasteiger partial charge in [0, 0.05) is 18.6 Å². The van der Waals surface area contributed by atoms with Crippen LogP contribution in [0.5, 0.6) is 0 Å². The van der Waals surface area contributed by atoms with Crippen LogP contribution in [-0.4, -0.2) is 14.1 Å². The summed E-state index contributed by atoms with van der Waals surface area (Å²) in [6.45, 7) is 0. The number of hydrogen-bond donors (Lipinski definition) is 0. The summed E-state index contributed by atoms with van der Waals surface area (Å²) in [4.78, 5) is 2.05. The van der Waals surface area contributed by atoms with Gasteiger partial charge in [-0.1, -0.05) is 6.07 Å². The Labute approximate surface area is 69.8 Å². The van der Waals surface area contributed by atoms with Gasteiger partial charge in [-0.15, -0.1) is 0 Å². The van der Waals surface area contributed by atoms with Gasteiger partial charge < -0.3 is 4.90 Å². The van der Waals surface area contributed by atoms with Crippen molar-refractivity contribution in [3.05, 3.63) is 28.7 Å². The Balaban J connectivity index is 3.03. The zero-order valence-electron chi connectivity index (χ0n) is 6.06. The van der Waals surface area contributed by atoms with E-state index in [9.17, 15) is 0 Å². The van der Waals surface area contributed by atoms with E-state index in [1.807, 2.05) is 32.3 Å². The summed E-state index contributed by atoms with van der Waals surface area (Å²) in [5.41, 5.74) is 1.18. The van der Waals surface area contributed by atoms with Crippen molar-refractivity contribution in [1.29, 1.82) is 0 Å². The van der Waals surface area contributed by atoms with Gasteiger partial charge in [-0.3, -0.25) is 0 Å². The fourth-order valence-corrected chi connectivity index (χ4v) is 1.38. The first-order valence-electron chi connectivity index (χ1n) is 3.05. The van der Waals surface area contributed by atoms with E-state index in [4.69, 9.17) is 0 Å². The molecule has 1 radical (unpaired) electrons. The average molecular weight is 199 g/mol. The van der Waals surface area contributed by atoms with Crippen molar-refractivity contribution in [1.82, 2.24) is 0 Å². The fraction of sp³-hybridized carbons (Fsp3) is 0.250. The zero-order chi connectivity index (χ0) is 7.56. The van der Waals surface area contributed by atoms with Crippen molar-refractivity contribution in [3.8, 4) is 0 Å². The molecule has 10 heavy (non-hydrogen) atoms. The summed E-state index contributed by atoms with van der Waals surface area (Å²) in [6, 6.07) is 8.82. The van der Waals surface area contributed by atoms with E-state index < -0.39 is 0 Å². The molecule has 0 aliphatic carbocycles. The van der Waals surface area contributed by atoms with Gasteiger partial charge in [0.2, 0.25) is 0 Å². The van der Waals surface area contributed by atoms with E-state index in [1.165, 1.54) is 5.69 Å². The smallest absolute Gasteiger partial charge is 0.0505 e. The van der Waals surface area contributed by atoms with Gasteiger partial charge in [-0.05, 0) is 34.1 Å². The van der Waals surface area contributed by atoms with Gasteiger partial charge in [0.05, 0.1) is 5.69 Å². The SMILES string of the molecule is CN(C)c1cc[c]cc1Br. The number of hydrogen-bond acceptors (Lipinski definition) is 1. The van der Waals surface area contributed by atoms with E-state index in [-0.39, 0.29) is 0 Å². The first-order valence-corrected chi connectivity index (χ1v) is 3.84. The van der Waals surface area contributed by atoms with Crippen LogP contribution >= 0.6 is 15.9 Å². The van der Waals surface area contributed by atoms with Gasteiger partial charge in [0.25, 0.3) is 0 Å². The molecular formula is C8H9BrN. The van der Waals surface area contributed by atoms with Crippen LogP contribution in [0, 0.1) is 6.07 Å². The fourth-order valence-electron chi connectivity index (χ4n) is 0.765. The summed E-state index contributed by atoms with van der Waals surface area (Å²) in [6.07, 6.45) is 0. The third-order valence-corrected chi connectivity index (χ3v) is 1.91. The Bertz CT molecular complexity index is 220. The Hall–Kier alpha value is -0.500. The second-order valence-corrected chi connectivity index (χ2v) is 3.13. The molecule has 0 aliphatic rings. The molecule has 1 rings (SSSR count). The third kappa shape index (κ3) is 1.51. The van der Waals surface area contributed by atoms with Crippen molar-refractivity contribution in [3.63, 3.8) is 0 Å².